The topological polar surface area (TPSA) is 98.0 Å². The van der Waals surface area contributed by atoms with Crippen LogP contribution in [0.15, 0.2) is 41.1 Å². The van der Waals surface area contributed by atoms with Crippen LogP contribution in [0.2, 0.25) is 0 Å². The lowest BCUT2D eigenvalue weighted by molar-refractivity contribution is -0.138. The van der Waals surface area contributed by atoms with Gasteiger partial charge in [0.05, 0.1) is 12.3 Å². The first-order valence-electron chi connectivity index (χ1n) is 10.3. The quantitative estimate of drug-likeness (QED) is 0.271. The molecule has 1 fully saturated rings. The fourth-order valence-electron chi connectivity index (χ4n) is 3.60. The minimum absolute atomic E-state index is 0.0558. The van der Waals surface area contributed by atoms with Crippen molar-refractivity contribution in [2.45, 2.75) is 45.1 Å². The first-order valence-corrected chi connectivity index (χ1v) is 10.3. The normalized spacial score (nSPS) is 19.4. The highest BCUT2D eigenvalue weighted by molar-refractivity contribution is 6.03. The number of oxime groups is 1. The minimum Gasteiger partial charge on any atom is -0.480 e. The fourth-order valence-corrected chi connectivity index (χ4v) is 3.60. The third kappa shape index (κ3) is 6.15. The Morgan fingerprint density at radius 1 is 1.34 bits per heavy atom. The number of nitrogens with zero attached hydrogens (tertiary/aromatic N) is 2. The van der Waals surface area contributed by atoms with Crippen LogP contribution in [0.4, 0.5) is 0 Å². The maximum Gasteiger partial charge on any atom is 0.317 e. The number of hydrogen-bond acceptors (Lipinski definition) is 5. The average molecular weight is 399 g/mol. The molecule has 0 bridgehead atoms. The molecule has 1 aromatic rings. The van der Waals surface area contributed by atoms with Crippen LogP contribution in [-0.4, -0.2) is 59.8 Å². The highest BCUT2D eigenvalue weighted by Crippen LogP contribution is 2.23. The molecule has 0 saturated carbocycles. The van der Waals surface area contributed by atoms with Crippen LogP contribution in [-0.2, 0) is 9.63 Å². The van der Waals surface area contributed by atoms with Gasteiger partial charge in [-0.3, -0.25) is 15.1 Å². The summed E-state index contributed by atoms with van der Waals surface area (Å²) in [6.45, 7) is 4.62. The van der Waals surface area contributed by atoms with Crippen molar-refractivity contribution < 1.29 is 14.7 Å². The van der Waals surface area contributed by atoms with Gasteiger partial charge in [0.25, 0.3) is 0 Å². The summed E-state index contributed by atoms with van der Waals surface area (Å²) in [6, 6.07) is 7.88. The molecule has 156 valence electrons. The Hall–Kier alpha value is -2.67. The largest absolute Gasteiger partial charge is 0.480 e. The molecule has 2 aliphatic heterocycles. The summed E-state index contributed by atoms with van der Waals surface area (Å²) in [4.78, 5) is 18.4. The fraction of sp³-hybridized carbons (Fsp3) is 0.500. The van der Waals surface area contributed by atoms with Crippen LogP contribution in [0.25, 0.3) is 0 Å². The number of nitrogens with one attached hydrogen (secondary N) is 2. The molecule has 1 aromatic carbocycles. The molecule has 0 aromatic heterocycles. The summed E-state index contributed by atoms with van der Waals surface area (Å²) >= 11 is 0. The molecule has 1 atom stereocenters. The van der Waals surface area contributed by atoms with E-state index in [0.717, 1.165) is 68.6 Å². The molecule has 2 aliphatic rings. The second kappa shape index (κ2) is 10.2. The van der Waals surface area contributed by atoms with Crippen molar-refractivity contribution in [3.05, 3.63) is 47.0 Å². The van der Waals surface area contributed by atoms with E-state index in [9.17, 15) is 4.79 Å². The Labute approximate surface area is 171 Å². The van der Waals surface area contributed by atoms with Gasteiger partial charge < -0.3 is 15.3 Å². The summed E-state index contributed by atoms with van der Waals surface area (Å²) < 4.78 is 0. The molecular weight excluding hydrogens is 368 g/mol. The van der Waals surface area contributed by atoms with Crippen molar-refractivity contribution in [3.8, 4) is 0 Å². The van der Waals surface area contributed by atoms with Crippen LogP contribution in [0, 0.1) is 5.41 Å². The Morgan fingerprint density at radius 3 is 2.72 bits per heavy atom. The van der Waals surface area contributed by atoms with Crippen molar-refractivity contribution in [1.29, 1.82) is 5.41 Å². The zero-order chi connectivity index (χ0) is 20.6. The lowest BCUT2D eigenvalue weighted by atomic mass is 9.98. The molecular formula is C22H30N4O3. The monoisotopic (exact) mass is 398 g/mol. The molecule has 1 saturated heterocycles. The van der Waals surface area contributed by atoms with Crippen molar-refractivity contribution in [3.63, 3.8) is 0 Å². The van der Waals surface area contributed by atoms with Gasteiger partial charge in [-0.15, -0.1) is 0 Å². The molecule has 0 aliphatic carbocycles. The van der Waals surface area contributed by atoms with Crippen molar-refractivity contribution >= 4 is 17.5 Å². The van der Waals surface area contributed by atoms with E-state index in [1.807, 2.05) is 29.2 Å². The van der Waals surface area contributed by atoms with E-state index in [2.05, 4.69) is 23.5 Å². The molecule has 0 amide bonds. The summed E-state index contributed by atoms with van der Waals surface area (Å²) in [5.41, 5.74) is 4.13. The van der Waals surface area contributed by atoms with Gasteiger partial charge in [0, 0.05) is 31.6 Å². The van der Waals surface area contributed by atoms with Crippen LogP contribution in [0.1, 0.15) is 50.2 Å². The number of hydrogen-bond donors (Lipinski definition) is 3. The molecule has 1 unspecified atom stereocenters. The summed E-state index contributed by atoms with van der Waals surface area (Å²) in [6.07, 6.45) is 6.75. The Morgan fingerprint density at radius 2 is 2.07 bits per heavy atom. The highest BCUT2D eigenvalue weighted by Gasteiger charge is 2.23. The number of rotatable bonds is 8. The maximum absolute atomic E-state index is 10.8. The third-order valence-corrected chi connectivity index (χ3v) is 5.31. The van der Waals surface area contributed by atoms with E-state index in [-0.39, 0.29) is 12.6 Å². The van der Waals surface area contributed by atoms with Crippen LogP contribution in [0.5, 0.6) is 0 Å². The first kappa shape index (κ1) is 21.0. The lowest BCUT2D eigenvalue weighted by Gasteiger charge is -2.27. The number of unbranched alkanes of at least 4 members (excludes halogenated alkanes) is 1. The number of benzene rings is 1. The standard InChI is InChI=1S/C22H30N4O3/c1-2-3-10-24-22(23)18-6-4-17(5-7-18)20-14-19(29-25-20)13-16-8-11-26(12-9-16)15-21(27)28/h4-7,13,19H,2-3,8-12,14-15H2,1H3,(H2,23,24)(H,27,28). The molecule has 0 spiro atoms. The lowest BCUT2D eigenvalue weighted by Crippen LogP contribution is -2.35. The number of piperidine rings is 1. The summed E-state index contributed by atoms with van der Waals surface area (Å²) in [7, 11) is 0. The van der Waals surface area contributed by atoms with Gasteiger partial charge in [-0.1, -0.05) is 48.3 Å². The highest BCUT2D eigenvalue weighted by atomic mass is 16.6. The number of carbonyl (C=O) groups is 1. The summed E-state index contributed by atoms with van der Waals surface area (Å²) in [5, 5.41) is 24.4. The zero-order valence-corrected chi connectivity index (χ0v) is 17.0. The van der Waals surface area contributed by atoms with Gasteiger partial charge in [0.15, 0.2) is 6.10 Å². The minimum atomic E-state index is -0.771. The predicted molar refractivity (Wildman–Crippen MR) is 114 cm³/mol. The van der Waals surface area contributed by atoms with Crippen LogP contribution >= 0.6 is 0 Å². The molecule has 3 rings (SSSR count). The molecule has 7 heteroatoms. The molecule has 2 heterocycles. The van der Waals surface area contributed by atoms with Crippen LogP contribution in [0.3, 0.4) is 0 Å². The smallest absolute Gasteiger partial charge is 0.317 e. The van der Waals surface area contributed by atoms with Gasteiger partial charge in [-0.05, 0) is 30.9 Å². The van der Waals surface area contributed by atoms with Crippen molar-refractivity contribution in [2.75, 3.05) is 26.2 Å². The van der Waals surface area contributed by atoms with Gasteiger partial charge in [-0.2, -0.15) is 0 Å². The first-order chi connectivity index (χ1) is 14.0. The second-order valence-corrected chi connectivity index (χ2v) is 7.61. The van der Waals surface area contributed by atoms with E-state index in [1.54, 1.807) is 0 Å². The van der Waals surface area contributed by atoms with Gasteiger partial charge in [0.2, 0.25) is 0 Å². The predicted octanol–water partition coefficient (Wildman–Crippen LogP) is 3.00. The Bertz CT molecular complexity index is 776. The molecule has 7 nitrogen and oxygen atoms in total. The number of carboxylic acid groups (broad SMARTS) is 1. The average Bonchev–Trinajstić information content (AvgIpc) is 3.18. The van der Waals surface area contributed by atoms with E-state index in [0.29, 0.717) is 5.84 Å². The molecule has 3 N–H and O–H groups in total. The number of amidine groups is 1. The number of aliphatic carboxylic acids is 1. The van der Waals surface area contributed by atoms with Gasteiger partial charge in [0.1, 0.15) is 5.84 Å². The van der Waals surface area contributed by atoms with Crippen molar-refractivity contribution in [2.24, 2.45) is 5.16 Å². The number of carboxylic acids is 1. The van der Waals surface area contributed by atoms with Crippen LogP contribution < -0.4 is 5.32 Å². The molecule has 0 radical (unpaired) electrons. The molecule has 29 heavy (non-hydrogen) atoms. The van der Waals surface area contributed by atoms with E-state index in [4.69, 9.17) is 15.4 Å². The number of likely N-dealkylation sites (tertiary alicyclic amines) is 1. The maximum atomic E-state index is 10.8. The van der Waals surface area contributed by atoms with E-state index < -0.39 is 5.97 Å². The SMILES string of the molecule is CCCCNC(=N)c1ccc(C2=NOC(C=C3CCN(CC(=O)O)CC3)C2)cc1. The van der Waals surface area contributed by atoms with E-state index >= 15 is 0 Å². The van der Waals surface area contributed by atoms with Crippen molar-refractivity contribution in [1.82, 2.24) is 10.2 Å². The van der Waals surface area contributed by atoms with Gasteiger partial charge >= 0.3 is 5.97 Å². The third-order valence-electron chi connectivity index (χ3n) is 5.31. The Balaban J connectivity index is 1.49. The second-order valence-electron chi connectivity index (χ2n) is 7.61. The van der Waals surface area contributed by atoms with E-state index in [1.165, 1.54) is 5.57 Å². The Kier molecular flexibility index (Phi) is 7.41. The zero-order valence-electron chi connectivity index (χ0n) is 17.0. The summed E-state index contributed by atoms with van der Waals surface area (Å²) in [5.74, 6) is -0.320. The van der Waals surface area contributed by atoms with Gasteiger partial charge in [-0.25, -0.2) is 0 Å².